The first-order valence-electron chi connectivity index (χ1n) is 15.8. The Kier molecular flexibility index (Phi) is 7.42. The molecule has 3 amide bonds. The van der Waals surface area contributed by atoms with E-state index in [1.807, 2.05) is 68.5 Å². The summed E-state index contributed by atoms with van der Waals surface area (Å²) in [7, 11) is 1.28. The van der Waals surface area contributed by atoms with Crippen LogP contribution in [0.25, 0.3) is 11.1 Å². The molecule has 0 saturated carbocycles. The Bertz CT molecular complexity index is 1730. The Morgan fingerprint density at radius 2 is 1.59 bits per heavy atom. The molecule has 4 atom stereocenters. The quantitative estimate of drug-likeness (QED) is 0.303. The lowest BCUT2D eigenvalue weighted by molar-refractivity contribution is -0.153. The van der Waals surface area contributed by atoms with Gasteiger partial charge in [0.15, 0.2) is 0 Å². The van der Waals surface area contributed by atoms with Gasteiger partial charge < -0.3 is 19.7 Å². The number of rotatable bonds is 5. The third-order valence-electron chi connectivity index (χ3n) is 10.0. The van der Waals surface area contributed by atoms with Gasteiger partial charge in [0.2, 0.25) is 11.8 Å². The number of hydrogen-bond acceptors (Lipinski definition) is 6. The van der Waals surface area contributed by atoms with E-state index in [9.17, 15) is 19.2 Å². The van der Waals surface area contributed by atoms with Crippen molar-refractivity contribution >= 4 is 29.6 Å². The Labute approximate surface area is 268 Å². The maximum absolute atomic E-state index is 14.6. The summed E-state index contributed by atoms with van der Waals surface area (Å²) >= 11 is 0. The number of benzene rings is 3. The maximum Gasteiger partial charge on any atom is 0.410 e. The number of amides is 3. The number of hydrogen-bond donors (Lipinski definition) is 1. The minimum atomic E-state index is -1.18. The van der Waals surface area contributed by atoms with Crippen LogP contribution in [0.5, 0.6) is 0 Å². The summed E-state index contributed by atoms with van der Waals surface area (Å²) in [5.74, 6) is -1.36. The molecule has 1 aliphatic carbocycles. The Morgan fingerprint density at radius 3 is 2.26 bits per heavy atom. The van der Waals surface area contributed by atoms with E-state index < -0.39 is 41.5 Å². The summed E-state index contributed by atoms with van der Waals surface area (Å²) < 4.78 is 11.2. The second-order valence-corrected chi connectivity index (χ2v) is 12.8. The number of fused-ring (bicyclic) bond motifs is 5. The molecule has 0 radical (unpaired) electrons. The molecule has 1 spiro atoms. The first-order valence-corrected chi connectivity index (χ1v) is 15.8. The second kappa shape index (κ2) is 11.5. The van der Waals surface area contributed by atoms with Gasteiger partial charge in [-0.2, -0.15) is 0 Å². The number of carbonyl (C=O) groups is 4. The first-order chi connectivity index (χ1) is 22.3. The van der Waals surface area contributed by atoms with Gasteiger partial charge in [0.25, 0.3) is 0 Å². The second-order valence-electron chi connectivity index (χ2n) is 12.8. The minimum Gasteiger partial charge on any atom is -0.467 e. The van der Waals surface area contributed by atoms with E-state index in [2.05, 4.69) is 29.6 Å². The number of para-hydroxylation sites is 1. The van der Waals surface area contributed by atoms with E-state index in [0.29, 0.717) is 25.1 Å². The predicted octanol–water partition coefficient (Wildman–Crippen LogP) is 5.40. The molecule has 236 valence electrons. The van der Waals surface area contributed by atoms with Crippen LogP contribution in [-0.4, -0.2) is 72.1 Å². The normalized spacial score (nSPS) is 24.3. The number of methoxy groups -OCH3 is 1. The number of ether oxygens (including phenoxy) is 2. The van der Waals surface area contributed by atoms with Crippen LogP contribution in [0, 0.1) is 0 Å². The van der Waals surface area contributed by atoms with Crippen molar-refractivity contribution in [2.45, 2.75) is 62.6 Å². The van der Waals surface area contributed by atoms with Crippen LogP contribution in [0.15, 0.2) is 84.4 Å². The number of nitrogens with one attached hydrogen (secondary N) is 1. The van der Waals surface area contributed by atoms with E-state index in [4.69, 9.17) is 9.47 Å². The van der Waals surface area contributed by atoms with E-state index in [1.165, 1.54) is 16.9 Å². The van der Waals surface area contributed by atoms with Crippen LogP contribution in [0.2, 0.25) is 0 Å². The average molecular weight is 620 g/mol. The van der Waals surface area contributed by atoms with Gasteiger partial charge in [-0.15, -0.1) is 0 Å². The lowest BCUT2D eigenvalue weighted by atomic mass is 9.73. The fourth-order valence-corrected chi connectivity index (χ4v) is 8.04. The molecule has 3 aromatic carbocycles. The molecular formula is C37H37N3O6. The Balaban J connectivity index is 1.18. The Morgan fingerprint density at radius 1 is 0.935 bits per heavy atom. The van der Waals surface area contributed by atoms with Crippen molar-refractivity contribution in [1.29, 1.82) is 0 Å². The van der Waals surface area contributed by atoms with Crippen molar-refractivity contribution < 1.29 is 28.7 Å². The molecule has 0 bridgehead atoms. The fraction of sp³-hybridized carbons (Fsp3) is 0.351. The number of nitrogens with zero attached hydrogens (tertiary/aromatic N) is 2. The number of esters is 1. The monoisotopic (exact) mass is 619 g/mol. The topological polar surface area (TPSA) is 105 Å². The Hall–Kier alpha value is -4.92. The van der Waals surface area contributed by atoms with E-state index in [0.717, 1.165) is 33.4 Å². The molecule has 1 N–H and O–H groups in total. The van der Waals surface area contributed by atoms with Crippen molar-refractivity contribution in [2.75, 3.05) is 25.6 Å². The van der Waals surface area contributed by atoms with Gasteiger partial charge in [-0.25, -0.2) is 9.59 Å². The molecule has 46 heavy (non-hydrogen) atoms. The van der Waals surface area contributed by atoms with Gasteiger partial charge in [-0.3, -0.25) is 14.5 Å². The molecule has 3 heterocycles. The SMILES string of the molecule is COC(=O)[C@@H]1C[C@@]2(C(=O)Nc3ccccc32)[C@H](C=C(C)C)N1C(=O)[C@@H]1CCCN1C(=O)OCC1c2ccccc2-c2ccccc21. The van der Waals surface area contributed by atoms with E-state index in [1.54, 1.807) is 0 Å². The van der Waals surface area contributed by atoms with Gasteiger partial charge >= 0.3 is 12.1 Å². The summed E-state index contributed by atoms with van der Waals surface area (Å²) in [6.07, 6.45) is 2.42. The molecule has 9 nitrogen and oxygen atoms in total. The van der Waals surface area contributed by atoms with Crippen molar-refractivity contribution in [2.24, 2.45) is 0 Å². The lowest BCUT2D eigenvalue weighted by Crippen LogP contribution is -2.55. The molecule has 3 aliphatic heterocycles. The number of anilines is 1. The smallest absolute Gasteiger partial charge is 0.410 e. The highest BCUT2D eigenvalue weighted by Gasteiger charge is 2.64. The molecule has 7 rings (SSSR count). The standard InChI is InChI=1S/C37H37N3O6/c1-22(2)19-32-37(28-15-8-9-16-29(28)38-35(37)43)20-31(34(42)45-3)40(32)33(41)30-17-10-18-39(30)36(44)46-21-27-25-13-6-4-11-23(25)24-12-5-7-14-26(24)27/h4-9,11-16,19,27,30-32H,10,17-18,20-21H2,1-3H3,(H,38,43)/t30-,31-,32-,37-/m0/s1. The molecule has 4 aliphatic rings. The number of allylic oxidation sites excluding steroid dienone is 1. The van der Waals surface area contributed by atoms with Crippen LogP contribution < -0.4 is 5.32 Å². The molecule has 2 fully saturated rings. The molecule has 0 unspecified atom stereocenters. The zero-order chi connectivity index (χ0) is 32.2. The summed E-state index contributed by atoms with van der Waals surface area (Å²) in [4.78, 5) is 58.5. The zero-order valence-electron chi connectivity index (χ0n) is 26.2. The van der Waals surface area contributed by atoms with Gasteiger partial charge in [0.05, 0.1) is 13.2 Å². The maximum atomic E-state index is 14.6. The highest BCUT2D eigenvalue weighted by Crippen LogP contribution is 2.52. The van der Waals surface area contributed by atoms with Gasteiger partial charge in [0.1, 0.15) is 24.1 Å². The van der Waals surface area contributed by atoms with E-state index >= 15 is 0 Å². The van der Waals surface area contributed by atoms with Crippen LogP contribution in [-0.2, 0) is 29.3 Å². The summed E-state index contributed by atoms with van der Waals surface area (Å²) in [5, 5.41) is 2.98. The van der Waals surface area contributed by atoms with Gasteiger partial charge in [-0.1, -0.05) is 78.4 Å². The van der Waals surface area contributed by atoms with Crippen molar-refractivity contribution in [3.63, 3.8) is 0 Å². The fourth-order valence-electron chi connectivity index (χ4n) is 8.04. The molecule has 0 aromatic heterocycles. The largest absolute Gasteiger partial charge is 0.467 e. The third-order valence-corrected chi connectivity index (χ3v) is 10.0. The summed E-state index contributed by atoms with van der Waals surface area (Å²) in [6.45, 7) is 4.29. The third kappa shape index (κ3) is 4.51. The van der Waals surface area contributed by atoms with Gasteiger partial charge in [0, 0.05) is 18.2 Å². The van der Waals surface area contributed by atoms with Crippen molar-refractivity contribution in [1.82, 2.24) is 9.80 Å². The summed E-state index contributed by atoms with van der Waals surface area (Å²) in [6, 6.07) is 21.1. The number of carbonyl (C=O) groups excluding carboxylic acids is 4. The predicted molar refractivity (Wildman–Crippen MR) is 172 cm³/mol. The van der Waals surface area contributed by atoms with Crippen LogP contribution in [0.4, 0.5) is 10.5 Å². The van der Waals surface area contributed by atoms with Gasteiger partial charge in [-0.05, 0) is 67.0 Å². The minimum absolute atomic E-state index is 0.0698. The molecular weight excluding hydrogens is 582 g/mol. The van der Waals surface area contributed by atoms with Crippen molar-refractivity contribution in [3.8, 4) is 11.1 Å². The highest BCUT2D eigenvalue weighted by molar-refractivity contribution is 6.09. The van der Waals surface area contributed by atoms with Crippen molar-refractivity contribution in [3.05, 3.63) is 101 Å². The van der Waals surface area contributed by atoms with Crippen LogP contribution in [0.3, 0.4) is 0 Å². The lowest BCUT2D eigenvalue weighted by Gasteiger charge is -2.36. The number of likely N-dealkylation sites (tertiary alicyclic amines) is 2. The van der Waals surface area contributed by atoms with E-state index in [-0.39, 0.29) is 24.9 Å². The van der Waals surface area contributed by atoms with Crippen LogP contribution >= 0.6 is 0 Å². The molecule has 2 saturated heterocycles. The summed E-state index contributed by atoms with van der Waals surface area (Å²) in [5.41, 5.74) is 5.59. The zero-order valence-corrected chi connectivity index (χ0v) is 26.2. The average Bonchev–Trinajstić information content (AvgIpc) is 3.82. The highest BCUT2D eigenvalue weighted by atomic mass is 16.6. The van der Waals surface area contributed by atoms with Crippen LogP contribution in [0.1, 0.15) is 55.7 Å². The molecule has 9 heteroatoms. The first kappa shape index (κ1) is 29.8. The molecule has 3 aromatic rings.